The molecule has 3 aromatic heterocycles. The van der Waals surface area contributed by atoms with Gasteiger partial charge in [-0.3, -0.25) is 4.79 Å². The van der Waals surface area contributed by atoms with E-state index < -0.39 is 18.5 Å². The van der Waals surface area contributed by atoms with Gasteiger partial charge in [0.15, 0.2) is 0 Å². The number of benzene rings is 1. The Kier molecular flexibility index (Phi) is 5.30. The van der Waals surface area contributed by atoms with Crippen LogP contribution in [0.2, 0.25) is 0 Å². The SMILES string of the molecule is C[C@]1(c2cc(C(F)F)nc3ncnn23)CCCN(C(=O)c2ccc3c(ccn3CCF)c2)C1. The van der Waals surface area contributed by atoms with Gasteiger partial charge >= 0.3 is 0 Å². The number of piperidine rings is 1. The molecular formula is C23H23F3N6O. The van der Waals surface area contributed by atoms with E-state index in [0.717, 1.165) is 17.3 Å². The van der Waals surface area contributed by atoms with E-state index in [1.807, 2.05) is 35.9 Å². The third-order valence-electron chi connectivity index (χ3n) is 6.44. The zero-order valence-electron chi connectivity index (χ0n) is 18.1. The summed E-state index contributed by atoms with van der Waals surface area (Å²) in [6.07, 6.45) is 1.81. The molecular weight excluding hydrogens is 433 g/mol. The highest BCUT2D eigenvalue weighted by Gasteiger charge is 2.38. The van der Waals surface area contributed by atoms with Crippen molar-refractivity contribution in [2.45, 2.75) is 38.2 Å². The first-order valence-corrected chi connectivity index (χ1v) is 10.8. The lowest BCUT2D eigenvalue weighted by Gasteiger charge is -2.40. The van der Waals surface area contributed by atoms with Crippen LogP contribution < -0.4 is 0 Å². The molecule has 1 atom stereocenters. The summed E-state index contributed by atoms with van der Waals surface area (Å²) in [6, 6.07) is 8.64. The van der Waals surface area contributed by atoms with Gasteiger partial charge < -0.3 is 9.47 Å². The Morgan fingerprint density at radius 2 is 2.09 bits per heavy atom. The summed E-state index contributed by atoms with van der Waals surface area (Å²) in [6.45, 7) is 2.69. The Labute approximate surface area is 187 Å². The van der Waals surface area contributed by atoms with E-state index in [2.05, 4.69) is 15.1 Å². The number of halogens is 3. The van der Waals surface area contributed by atoms with Crippen molar-refractivity contribution in [1.29, 1.82) is 0 Å². The minimum absolute atomic E-state index is 0.121. The molecule has 5 rings (SSSR count). The Hall–Kier alpha value is -3.43. The molecule has 1 aromatic carbocycles. The molecule has 0 N–H and O–H groups in total. The van der Waals surface area contributed by atoms with Crippen molar-refractivity contribution in [3.63, 3.8) is 0 Å². The predicted molar refractivity (Wildman–Crippen MR) is 116 cm³/mol. The molecule has 0 spiro atoms. The Morgan fingerprint density at radius 1 is 1.24 bits per heavy atom. The van der Waals surface area contributed by atoms with Gasteiger partial charge in [0.1, 0.15) is 18.7 Å². The smallest absolute Gasteiger partial charge is 0.280 e. The summed E-state index contributed by atoms with van der Waals surface area (Å²) in [5.74, 6) is -0.00485. The van der Waals surface area contributed by atoms with Crippen LogP contribution in [0, 0.1) is 0 Å². The third kappa shape index (κ3) is 3.73. The molecule has 0 aliphatic carbocycles. The number of hydrogen-bond donors (Lipinski definition) is 0. The maximum atomic E-state index is 13.5. The second-order valence-electron chi connectivity index (χ2n) is 8.70. The number of carbonyl (C=O) groups excluding carboxylic acids is 1. The minimum atomic E-state index is -2.73. The normalized spacial score (nSPS) is 19.1. The summed E-state index contributed by atoms with van der Waals surface area (Å²) in [4.78, 5) is 23.0. The van der Waals surface area contributed by atoms with Gasteiger partial charge in [-0.05, 0) is 43.2 Å². The Morgan fingerprint density at radius 3 is 2.88 bits per heavy atom. The fourth-order valence-electron chi connectivity index (χ4n) is 4.80. The summed E-state index contributed by atoms with van der Waals surface area (Å²) in [7, 11) is 0. The highest BCUT2D eigenvalue weighted by Crippen LogP contribution is 2.35. The summed E-state index contributed by atoms with van der Waals surface area (Å²) < 4.78 is 43.0. The van der Waals surface area contributed by atoms with Crippen LogP contribution in [0.25, 0.3) is 16.7 Å². The van der Waals surface area contributed by atoms with E-state index in [4.69, 9.17) is 0 Å². The van der Waals surface area contributed by atoms with Gasteiger partial charge in [-0.2, -0.15) is 10.1 Å². The number of fused-ring (bicyclic) bond motifs is 2. The molecule has 1 amide bonds. The van der Waals surface area contributed by atoms with Crippen molar-refractivity contribution in [2.75, 3.05) is 19.8 Å². The number of rotatable bonds is 5. The number of likely N-dealkylation sites (tertiary alicyclic amines) is 1. The van der Waals surface area contributed by atoms with E-state index in [9.17, 15) is 18.0 Å². The molecule has 0 unspecified atom stereocenters. The van der Waals surface area contributed by atoms with Crippen molar-refractivity contribution in [1.82, 2.24) is 29.0 Å². The molecule has 172 valence electrons. The van der Waals surface area contributed by atoms with E-state index in [0.29, 0.717) is 30.8 Å². The van der Waals surface area contributed by atoms with Crippen LogP contribution in [0.4, 0.5) is 13.2 Å². The van der Waals surface area contributed by atoms with Crippen LogP contribution in [0.15, 0.2) is 42.9 Å². The van der Waals surface area contributed by atoms with Crippen LogP contribution >= 0.6 is 0 Å². The first-order chi connectivity index (χ1) is 15.9. The van der Waals surface area contributed by atoms with Crippen molar-refractivity contribution >= 4 is 22.6 Å². The minimum Gasteiger partial charge on any atom is -0.345 e. The van der Waals surface area contributed by atoms with E-state index >= 15 is 0 Å². The van der Waals surface area contributed by atoms with Crippen molar-refractivity contribution in [3.05, 3.63) is 59.8 Å². The molecule has 0 radical (unpaired) electrons. The maximum Gasteiger partial charge on any atom is 0.280 e. The molecule has 33 heavy (non-hydrogen) atoms. The lowest BCUT2D eigenvalue weighted by Crippen LogP contribution is -2.48. The Bertz CT molecular complexity index is 1330. The van der Waals surface area contributed by atoms with Crippen molar-refractivity contribution < 1.29 is 18.0 Å². The standard InChI is InChI=1S/C23H23F3N6O/c1-23(19-12-17(20(25)26)29-22-27-14-28-32(19)22)6-2-8-31(13-23)21(33)16-3-4-18-15(11-16)5-9-30(18)10-7-24/h3-5,9,11-12,14,20H,2,6-8,10,13H2,1H3/t23-/m0/s1. The fraction of sp³-hybridized carbons (Fsp3) is 0.391. The topological polar surface area (TPSA) is 68.3 Å². The zero-order valence-corrected chi connectivity index (χ0v) is 18.1. The Balaban J connectivity index is 1.46. The quantitative estimate of drug-likeness (QED) is 0.452. The largest absolute Gasteiger partial charge is 0.345 e. The first kappa shape index (κ1) is 21.4. The molecule has 1 saturated heterocycles. The number of hydrogen-bond acceptors (Lipinski definition) is 4. The van der Waals surface area contributed by atoms with Crippen molar-refractivity contribution in [2.24, 2.45) is 0 Å². The molecule has 4 aromatic rings. The van der Waals surface area contributed by atoms with Crippen LogP contribution in [0.1, 0.15) is 47.9 Å². The number of amides is 1. The average molecular weight is 456 g/mol. The highest BCUT2D eigenvalue weighted by atomic mass is 19.3. The van der Waals surface area contributed by atoms with Gasteiger partial charge in [0, 0.05) is 41.2 Å². The van der Waals surface area contributed by atoms with Crippen LogP contribution in [0.5, 0.6) is 0 Å². The van der Waals surface area contributed by atoms with E-state index in [-0.39, 0.29) is 23.9 Å². The summed E-state index contributed by atoms with van der Waals surface area (Å²) in [5.41, 5.74) is 1.03. The first-order valence-electron chi connectivity index (χ1n) is 10.8. The molecule has 1 aliphatic heterocycles. The monoisotopic (exact) mass is 456 g/mol. The van der Waals surface area contributed by atoms with Crippen LogP contribution in [-0.4, -0.2) is 54.7 Å². The highest BCUT2D eigenvalue weighted by molar-refractivity contribution is 5.98. The number of nitrogens with zero attached hydrogens (tertiary/aromatic N) is 6. The van der Waals surface area contributed by atoms with Crippen LogP contribution in [0.3, 0.4) is 0 Å². The number of carbonyl (C=O) groups is 1. The average Bonchev–Trinajstić information content (AvgIpc) is 3.44. The molecule has 0 bridgehead atoms. The predicted octanol–water partition coefficient (Wildman–Crippen LogP) is 4.18. The summed E-state index contributed by atoms with van der Waals surface area (Å²) in [5, 5.41) is 5.05. The van der Waals surface area contributed by atoms with E-state index in [1.165, 1.54) is 16.9 Å². The van der Waals surface area contributed by atoms with Gasteiger partial charge in [-0.1, -0.05) is 6.92 Å². The fourth-order valence-corrected chi connectivity index (χ4v) is 4.80. The second kappa shape index (κ2) is 8.17. The number of aromatic nitrogens is 5. The number of aryl methyl sites for hydroxylation is 1. The van der Waals surface area contributed by atoms with Gasteiger partial charge in [-0.25, -0.2) is 22.7 Å². The van der Waals surface area contributed by atoms with E-state index in [1.54, 1.807) is 11.0 Å². The molecule has 0 saturated carbocycles. The second-order valence-corrected chi connectivity index (χ2v) is 8.70. The van der Waals surface area contributed by atoms with Gasteiger partial charge in [0.25, 0.3) is 18.1 Å². The van der Waals surface area contributed by atoms with Gasteiger partial charge in [0.2, 0.25) is 0 Å². The molecule has 1 aliphatic rings. The molecule has 10 heteroatoms. The molecule has 7 nitrogen and oxygen atoms in total. The van der Waals surface area contributed by atoms with Crippen molar-refractivity contribution in [3.8, 4) is 0 Å². The molecule has 1 fully saturated rings. The van der Waals surface area contributed by atoms with Crippen LogP contribution in [-0.2, 0) is 12.0 Å². The lowest BCUT2D eigenvalue weighted by molar-refractivity contribution is 0.0645. The summed E-state index contributed by atoms with van der Waals surface area (Å²) >= 11 is 0. The maximum absolute atomic E-state index is 13.5. The van der Waals surface area contributed by atoms with Gasteiger partial charge in [-0.15, -0.1) is 0 Å². The lowest BCUT2D eigenvalue weighted by atomic mass is 9.78. The zero-order chi connectivity index (χ0) is 23.2. The number of alkyl halides is 3. The molecule has 4 heterocycles. The third-order valence-corrected chi connectivity index (χ3v) is 6.44. The van der Waals surface area contributed by atoms with Gasteiger partial charge in [0.05, 0.1) is 12.2 Å².